The maximum Gasteiger partial charge on any atom is 0.306 e. The molecule has 0 aromatic carbocycles. The van der Waals surface area contributed by atoms with E-state index >= 15 is 0 Å². The summed E-state index contributed by atoms with van der Waals surface area (Å²) >= 11 is 0. The lowest BCUT2D eigenvalue weighted by atomic mass is 10.00. The van der Waals surface area contributed by atoms with Gasteiger partial charge >= 0.3 is 11.9 Å². The molecule has 0 bridgehead atoms. The molecule has 2 unspecified atom stereocenters. The summed E-state index contributed by atoms with van der Waals surface area (Å²) in [5.41, 5.74) is 3.28. The Morgan fingerprint density at radius 3 is 1.50 bits per heavy atom. The van der Waals surface area contributed by atoms with Crippen LogP contribution in [0.5, 0.6) is 0 Å². The van der Waals surface area contributed by atoms with Crippen LogP contribution in [0.15, 0.2) is 42.2 Å². The van der Waals surface area contributed by atoms with Crippen molar-refractivity contribution in [3.05, 3.63) is 42.2 Å². The lowest BCUT2D eigenvalue weighted by Gasteiger charge is -2.40. The average Bonchev–Trinajstić information content (AvgIpc) is 3.28. The molecule has 1 aliphatic rings. The second kappa shape index (κ2) is 42.7. The van der Waals surface area contributed by atoms with E-state index in [0.717, 1.165) is 57.8 Å². The van der Waals surface area contributed by atoms with E-state index in [2.05, 4.69) is 50.0 Å². The summed E-state index contributed by atoms with van der Waals surface area (Å²) in [5.74, 6) is -2.06. The van der Waals surface area contributed by atoms with Gasteiger partial charge in [0, 0.05) is 12.8 Å². The molecule has 1 rings (SSSR count). The molecule has 1 fully saturated rings. The summed E-state index contributed by atoms with van der Waals surface area (Å²) in [7, 11) is -4.61. The Labute approximate surface area is 401 Å². The Hall–Kier alpha value is -2.35. The third-order valence-electron chi connectivity index (χ3n) is 11.9. The molecule has 0 aromatic rings. The molecule has 384 valence electrons. The molecule has 1 aliphatic heterocycles. The van der Waals surface area contributed by atoms with Gasteiger partial charge in [-0.15, -0.1) is 5.73 Å². The third-order valence-corrected chi connectivity index (χ3v) is 12.7. The molecule has 66 heavy (non-hydrogen) atoms. The fraction of sp³-hybridized carbons (Fsp3) is 0.830. The molecule has 0 amide bonds. The fourth-order valence-corrected chi connectivity index (χ4v) is 8.54. The molecule has 0 radical (unpaired) electrons. The molecule has 13 heteroatoms. The number of esters is 2. The Bertz CT molecular complexity index is 1410. The first-order valence-corrected chi connectivity index (χ1v) is 27.9. The smallest absolute Gasteiger partial charge is 0.306 e. The zero-order chi connectivity index (χ0) is 48.4. The van der Waals surface area contributed by atoms with Crippen molar-refractivity contribution in [3.63, 3.8) is 0 Å². The van der Waals surface area contributed by atoms with E-state index in [1.807, 2.05) is 6.08 Å². The predicted molar refractivity (Wildman–Crippen MR) is 265 cm³/mol. The SMILES string of the molecule is CCCCCCCC=C=CCCCCCCCC(=O)OC[C@H](CO[C@H]1O[C@H](CS(=O)(=O)O)[C@@H](O)C(O)C1O)OC(=O)CCC/C=C/CC/C=C/CCCCCCCCCCCCCCCC. The van der Waals surface area contributed by atoms with Crippen LogP contribution in [0, 0.1) is 0 Å². The van der Waals surface area contributed by atoms with Gasteiger partial charge in [0.25, 0.3) is 10.1 Å². The summed E-state index contributed by atoms with van der Waals surface area (Å²) in [5, 5.41) is 31.0. The van der Waals surface area contributed by atoms with Crippen molar-refractivity contribution >= 4 is 22.1 Å². The molecule has 1 saturated heterocycles. The lowest BCUT2D eigenvalue weighted by Crippen LogP contribution is -2.60. The van der Waals surface area contributed by atoms with E-state index in [1.165, 1.54) is 122 Å². The number of ether oxygens (including phenoxy) is 4. The molecule has 0 saturated carbocycles. The summed E-state index contributed by atoms with van der Waals surface area (Å²) in [6, 6.07) is 0. The summed E-state index contributed by atoms with van der Waals surface area (Å²) in [4.78, 5) is 25.5. The van der Waals surface area contributed by atoms with E-state index in [4.69, 9.17) is 18.9 Å². The van der Waals surface area contributed by atoms with Crippen LogP contribution in [0.3, 0.4) is 0 Å². The summed E-state index contributed by atoms with van der Waals surface area (Å²) in [6.07, 6.45) is 39.8. The zero-order valence-electron chi connectivity index (χ0n) is 41.3. The molecule has 0 aliphatic carbocycles. The highest BCUT2D eigenvalue weighted by Gasteiger charge is 2.46. The second-order valence-corrected chi connectivity index (χ2v) is 19.8. The van der Waals surface area contributed by atoms with Crippen molar-refractivity contribution in [2.24, 2.45) is 0 Å². The highest BCUT2D eigenvalue weighted by atomic mass is 32.2. The monoisotopic (exact) mass is 955 g/mol. The number of carbonyl (C=O) groups excluding carboxylic acids is 2. The molecule has 12 nitrogen and oxygen atoms in total. The van der Waals surface area contributed by atoms with Gasteiger partial charge in [-0.3, -0.25) is 14.1 Å². The summed E-state index contributed by atoms with van der Waals surface area (Å²) in [6.45, 7) is 3.72. The summed E-state index contributed by atoms with van der Waals surface area (Å²) < 4.78 is 54.2. The van der Waals surface area contributed by atoms with E-state index in [-0.39, 0.29) is 19.4 Å². The second-order valence-electron chi connectivity index (χ2n) is 18.3. The molecule has 0 spiro atoms. The van der Waals surface area contributed by atoms with Crippen molar-refractivity contribution in [1.29, 1.82) is 0 Å². The van der Waals surface area contributed by atoms with Crippen LogP contribution in [0.2, 0.25) is 0 Å². The van der Waals surface area contributed by atoms with Crippen LogP contribution in [0.4, 0.5) is 0 Å². The van der Waals surface area contributed by atoms with Crippen LogP contribution < -0.4 is 0 Å². The molecular formula is C53H94O12S. The quantitative estimate of drug-likeness (QED) is 0.0149. The highest BCUT2D eigenvalue weighted by Crippen LogP contribution is 2.24. The van der Waals surface area contributed by atoms with Gasteiger partial charge in [-0.05, 0) is 82.8 Å². The first-order valence-electron chi connectivity index (χ1n) is 26.3. The fourth-order valence-electron chi connectivity index (χ4n) is 7.85. The van der Waals surface area contributed by atoms with Gasteiger partial charge in [-0.2, -0.15) is 8.42 Å². The number of hydrogen-bond donors (Lipinski definition) is 4. The van der Waals surface area contributed by atoms with Crippen molar-refractivity contribution in [2.75, 3.05) is 19.0 Å². The number of allylic oxidation sites excluding steroid dienone is 5. The number of aliphatic hydroxyl groups excluding tert-OH is 3. The van der Waals surface area contributed by atoms with E-state index in [9.17, 15) is 37.9 Å². The van der Waals surface area contributed by atoms with E-state index in [0.29, 0.717) is 19.3 Å². The molecule has 1 heterocycles. The largest absolute Gasteiger partial charge is 0.462 e. The molecular weight excluding hydrogens is 861 g/mol. The van der Waals surface area contributed by atoms with Gasteiger partial charge in [0.2, 0.25) is 0 Å². The van der Waals surface area contributed by atoms with Gasteiger partial charge in [0.15, 0.2) is 12.4 Å². The minimum absolute atomic E-state index is 0.100. The topological polar surface area (TPSA) is 186 Å². The first kappa shape index (κ1) is 61.7. The van der Waals surface area contributed by atoms with Crippen molar-refractivity contribution < 1.29 is 56.8 Å². The van der Waals surface area contributed by atoms with Crippen molar-refractivity contribution in [2.45, 2.75) is 263 Å². The minimum Gasteiger partial charge on any atom is -0.462 e. The molecule has 4 N–H and O–H groups in total. The minimum atomic E-state index is -4.61. The number of unbranched alkanes of at least 4 members (excludes halogenated alkanes) is 26. The van der Waals surface area contributed by atoms with Crippen LogP contribution in [-0.2, 0) is 38.7 Å². The van der Waals surface area contributed by atoms with E-state index < -0.39 is 71.2 Å². The van der Waals surface area contributed by atoms with Gasteiger partial charge in [-0.1, -0.05) is 167 Å². The van der Waals surface area contributed by atoms with Crippen molar-refractivity contribution in [3.8, 4) is 0 Å². The normalized spacial score (nSPS) is 19.3. The van der Waals surface area contributed by atoms with Crippen LogP contribution >= 0.6 is 0 Å². The molecule has 6 atom stereocenters. The maximum atomic E-state index is 12.9. The molecule has 0 aromatic heterocycles. The third kappa shape index (κ3) is 36.7. The number of carbonyl (C=O) groups is 2. The number of aliphatic hydroxyl groups is 3. The Kier molecular flexibility index (Phi) is 39.9. The Morgan fingerprint density at radius 1 is 0.545 bits per heavy atom. The van der Waals surface area contributed by atoms with Crippen LogP contribution in [0.25, 0.3) is 0 Å². The van der Waals surface area contributed by atoms with Gasteiger partial charge in [0.05, 0.1) is 6.61 Å². The van der Waals surface area contributed by atoms with Gasteiger partial charge in [-0.25, -0.2) is 0 Å². The number of rotatable bonds is 44. The van der Waals surface area contributed by atoms with Crippen LogP contribution in [-0.4, -0.2) is 96.0 Å². The van der Waals surface area contributed by atoms with Gasteiger partial charge < -0.3 is 34.3 Å². The van der Waals surface area contributed by atoms with Crippen LogP contribution in [0.1, 0.15) is 226 Å². The zero-order valence-corrected chi connectivity index (χ0v) is 42.2. The number of hydrogen-bond acceptors (Lipinski definition) is 11. The Morgan fingerprint density at radius 2 is 0.985 bits per heavy atom. The first-order chi connectivity index (χ1) is 32.0. The van der Waals surface area contributed by atoms with Gasteiger partial charge in [0.1, 0.15) is 36.8 Å². The lowest BCUT2D eigenvalue weighted by molar-refractivity contribution is -0.297. The highest BCUT2D eigenvalue weighted by molar-refractivity contribution is 7.85. The predicted octanol–water partition coefficient (Wildman–Crippen LogP) is 11.9. The van der Waals surface area contributed by atoms with Crippen molar-refractivity contribution in [1.82, 2.24) is 0 Å². The average molecular weight is 955 g/mol. The standard InChI is InChI=1S/C53H94O12S/c1-3-5-7-9-11-13-15-17-19-20-21-22-23-24-25-26-28-30-32-34-36-38-40-42-49(55)64-46(44-63-53-52(58)51(57)50(56)47(65-53)45-66(59,60)61)43-62-48(54)41-39-37-35-33-31-29-27-18-16-14-12-10-8-6-4-2/h16,26-28,34,36,46-47,50-53,56-58H,3-15,17,19-25,29-33,35,37-45H2,1-2H3,(H,59,60,61)/b28-26+,36-34+/t18?,46-,47-,50-,51?,52?,53+/m1/s1. The Balaban J connectivity index is 2.39. The maximum absolute atomic E-state index is 12.9. The van der Waals surface area contributed by atoms with E-state index in [1.54, 1.807) is 0 Å².